The molecule has 0 radical (unpaired) electrons. The van der Waals surface area contributed by atoms with Crippen molar-refractivity contribution in [1.29, 1.82) is 0 Å². The summed E-state index contributed by atoms with van der Waals surface area (Å²) >= 11 is 0. The molecule has 0 bridgehead atoms. The third-order valence-corrected chi connectivity index (χ3v) is 10.2. The summed E-state index contributed by atoms with van der Waals surface area (Å²) in [6, 6.07) is 0. The minimum Gasteiger partial charge on any atom is -0.393 e. The van der Waals surface area contributed by atoms with Crippen molar-refractivity contribution in [2.75, 3.05) is 0 Å². The first kappa shape index (κ1) is 19.7. The van der Waals surface area contributed by atoms with E-state index in [-0.39, 0.29) is 11.6 Å². The first-order valence-corrected chi connectivity index (χ1v) is 11.4. The number of hydrogen-bond acceptors (Lipinski definition) is 2. The molecule has 4 aliphatic rings. The van der Waals surface area contributed by atoms with Crippen LogP contribution in [0.4, 0.5) is 0 Å². The third kappa shape index (κ3) is 2.73. The highest BCUT2D eigenvalue weighted by Crippen LogP contribution is 2.67. The van der Waals surface area contributed by atoms with Crippen LogP contribution in [0.5, 0.6) is 0 Å². The minimum absolute atomic E-state index is 0.107. The van der Waals surface area contributed by atoms with E-state index in [1.165, 1.54) is 38.5 Å². The Morgan fingerprint density at radius 1 is 1.22 bits per heavy atom. The van der Waals surface area contributed by atoms with E-state index < -0.39 is 0 Å². The van der Waals surface area contributed by atoms with Crippen LogP contribution in [0.25, 0.3) is 0 Å². The first-order valence-electron chi connectivity index (χ1n) is 11.4. The van der Waals surface area contributed by atoms with E-state index >= 15 is 0 Å². The molecule has 0 spiro atoms. The van der Waals surface area contributed by atoms with Crippen LogP contribution in [0.2, 0.25) is 0 Å². The number of aliphatic hydroxyl groups is 1. The Balaban J connectivity index is 1.64. The van der Waals surface area contributed by atoms with Gasteiger partial charge in [0.2, 0.25) is 0 Å². The van der Waals surface area contributed by atoms with Gasteiger partial charge in [0.25, 0.3) is 0 Å². The molecular formula is C25H41NO. The number of rotatable bonds is 3. The van der Waals surface area contributed by atoms with Crippen molar-refractivity contribution >= 4 is 0 Å². The second-order valence-electron chi connectivity index (χ2n) is 11.2. The van der Waals surface area contributed by atoms with E-state index in [1.807, 2.05) is 0 Å². The summed E-state index contributed by atoms with van der Waals surface area (Å²) in [4.78, 5) is 0. The Morgan fingerprint density at radius 2 is 1.96 bits per heavy atom. The van der Waals surface area contributed by atoms with Crippen LogP contribution in [0.15, 0.2) is 24.3 Å². The van der Waals surface area contributed by atoms with E-state index in [9.17, 15) is 5.11 Å². The molecular weight excluding hydrogens is 330 g/mol. The second-order valence-corrected chi connectivity index (χ2v) is 11.2. The summed E-state index contributed by atoms with van der Waals surface area (Å²) in [6.45, 7) is 13.7. The Kier molecular flexibility index (Phi) is 4.71. The van der Waals surface area contributed by atoms with E-state index in [1.54, 1.807) is 5.57 Å². The zero-order chi connectivity index (χ0) is 19.6. The molecule has 0 aliphatic heterocycles. The lowest BCUT2D eigenvalue weighted by molar-refractivity contribution is -0.0623. The van der Waals surface area contributed by atoms with Crippen LogP contribution in [-0.4, -0.2) is 16.7 Å². The standard InChI is InChI=1S/C25H41NO/c1-6-16(2)25(5,26)22-10-9-20-19-8-7-17-15-18(27)11-13-23(17,3)21(19)12-14-24(20,22)4/h6-7,16,18-22,27H,1,8-15,26H2,2-5H3/t16?,18-,19-,20-,21-,22-,23-,24-,25+/m0/s1. The zero-order valence-corrected chi connectivity index (χ0v) is 18.0. The van der Waals surface area contributed by atoms with Crippen molar-refractivity contribution in [3.8, 4) is 0 Å². The molecule has 4 aliphatic carbocycles. The summed E-state index contributed by atoms with van der Waals surface area (Å²) in [5.41, 5.74) is 9.09. The van der Waals surface area contributed by atoms with Gasteiger partial charge in [-0.05, 0) is 98.7 Å². The molecule has 0 saturated heterocycles. The molecule has 3 saturated carbocycles. The van der Waals surface area contributed by atoms with Crippen LogP contribution in [-0.2, 0) is 0 Å². The summed E-state index contributed by atoms with van der Waals surface area (Å²) in [5, 5.41) is 10.2. The molecule has 2 heteroatoms. The number of allylic oxidation sites excluding steroid dienone is 1. The maximum absolute atomic E-state index is 10.2. The maximum atomic E-state index is 10.2. The molecule has 0 aromatic carbocycles. The van der Waals surface area contributed by atoms with Gasteiger partial charge < -0.3 is 10.8 Å². The van der Waals surface area contributed by atoms with E-state index in [0.29, 0.717) is 22.7 Å². The summed E-state index contributed by atoms with van der Waals surface area (Å²) in [7, 11) is 0. The van der Waals surface area contributed by atoms with E-state index in [4.69, 9.17) is 5.73 Å². The SMILES string of the molecule is C=CC(C)[C@@](C)(N)[C@H]1CC[C@H]2[C@@H]3CC=C4C[C@@H](O)CC[C@]4(C)[C@H]3CC[C@@]21C. The van der Waals surface area contributed by atoms with Gasteiger partial charge in [0.15, 0.2) is 0 Å². The van der Waals surface area contributed by atoms with Gasteiger partial charge in [-0.2, -0.15) is 0 Å². The van der Waals surface area contributed by atoms with Crippen molar-refractivity contribution in [3.05, 3.63) is 24.3 Å². The highest BCUT2D eigenvalue weighted by molar-refractivity contribution is 5.26. The molecule has 0 aromatic heterocycles. The highest BCUT2D eigenvalue weighted by Gasteiger charge is 2.61. The molecule has 0 aromatic rings. The van der Waals surface area contributed by atoms with Crippen molar-refractivity contribution < 1.29 is 5.11 Å². The van der Waals surface area contributed by atoms with Gasteiger partial charge in [-0.15, -0.1) is 6.58 Å². The summed E-state index contributed by atoms with van der Waals surface area (Å²) < 4.78 is 0. The normalized spacial score (nSPS) is 49.9. The third-order valence-electron chi connectivity index (χ3n) is 10.2. The zero-order valence-electron chi connectivity index (χ0n) is 18.0. The van der Waals surface area contributed by atoms with E-state index in [0.717, 1.165) is 30.6 Å². The Hall–Kier alpha value is -0.600. The Bertz CT molecular complexity index is 636. The van der Waals surface area contributed by atoms with Gasteiger partial charge in [0, 0.05) is 5.54 Å². The first-order chi connectivity index (χ1) is 12.6. The monoisotopic (exact) mass is 371 g/mol. The van der Waals surface area contributed by atoms with Gasteiger partial charge in [0.05, 0.1) is 6.10 Å². The predicted octanol–water partition coefficient (Wildman–Crippen LogP) is 5.47. The van der Waals surface area contributed by atoms with Gasteiger partial charge in [-0.3, -0.25) is 0 Å². The smallest absolute Gasteiger partial charge is 0.0577 e. The minimum atomic E-state index is -0.160. The molecule has 3 N–H and O–H groups in total. The Morgan fingerprint density at radius 3 is 2.67 bits per heavy atom. The van der Waals surface area contributed by atoms with Crippen LogP contribution in [0.1, 0.15) is 79.1 Å². The van der Waals surface area contributed by atoms with Gasteiger partial charge in [-0.25, -0.2) is 0 Å². The molecule has 9 atom stereocenters. The number of aliphatic hydroxyl groups excluding tert-OH is 1. The van der Waals surface area contributed by atoms with Crippen LogP contribution < -0.4 is 5.73 Å². The fourth-order valence-electron chi connectivity index (χ4n) is 8.23. The average molecular weight is 372 g/mol. The van der Waals surface area contributed by atoms with Gasteiger partial charge in [-0.1, -0.05) is 38.5 Å². The predicted molar refractivity (Wildman–Crippen MR) is 113 cm³/mol. The summed E-state index contributed by atoms with van der Waals surface area (Å²) in [6.07, 6.45) is 14.1. The molecule has 4 rings (SSSR count). The lowest BCUT2D eigenvalue weighted by atomic mass is 9.46. The fourth-order valence-corrected chi connectivity index (χ4v) is 8.23. The van der Waals surface area contributed by atoms with Gasteiger partial charge in [0.1, 0.15) is 0 Å². The molecule has 152 valence electrons. The molecule has 0 amide bonds. The fraction of sp³-hybridized carbons (Fsp3) is 0.840. The van der Waals surface area contributed by atoms with Gasteiger partial charge >= 0.3 is 0 Å². The molecule has 0 heterocycles. The maximum Gasteiger partial charge on any atom is 0.0577 e. The molecule has 1 unspecified atom stereocenters. The quantitative estimate of drug-likeness (QED) is 0.647. The van der Waals surface area contributed by atoms with Crippen molar-refractivity contribution in [2.24, 2.45) is 46.2 Å². The number of hydrogen-bond donors (Lipinski definition) is 2. The van der Waals surface area contributed by atoms with Crippen LogP contribution in [0.3, 0.4) is 0 Å². The number of nitrogens with two attached hydrogens (primary N) is 1. The molecule has 3 fully saturated rings. The van der Waals surface area contributed by atoms with Crippen LogP contribution in [0, 0.1) is 40.4 Å². The Labute approximate surface area is 166 Å². The van der Waals surface area contributed by atoms with Crippen LogP contribution >= 0.6 is 0 Å². The van der Waals surface area contributed by atoms with Crippen molar-refractivity contribution in [3.63, 3.8) is 0 Å². The largest absolute Gasteiger partial charge is 0.393 e. The lowest BCUT2D eigenvalue weighted by Crippen LogP contribution is -2.57. The summed E-state index contributed by atoms with van der Waals surface area (Å²) in [5.74, 6) is 3.37. The van der Waals surface area contributed by atoms with E-state index in [2.05, 4.69) is 46.4 Å². The topological polar surface area (TPSA) is 46.2 Å². The highest BCUT2D eigenvalue weighted by atomic mass is 16.3. The number of fused-ring (bicyclic) bond motifs is 5. The second kappa shape index (κ2) is 6.46. The molecule has 27 heavy (non-hydrogen) atoms. The molecule has 2 nitrogen and oxygen atoms in total. The average Bonchev–Trinajstić information content (AvgIpc) is 2.99. The lowest BCUT2D eigenvalue weighted by Gasteiger charge is -2.59. The van der Waals surface area contributed by atoms with Crippen molar-refractivity contribution in [2.45, 2.75) is 90.7 Å². The van der Waals surface area contributed by atoms with Crippen molar-refractivity contribution in [1.82, 2.24) is 0 Å².